The van der Waals surface area contributed by atoms with Crippen LogP contribution in [0.25, 0.3) is 0 Å². The lowest BCUT2D eigenvalue weighted by atomic mass is 10.1. The normalized spacial score (nSPS) is 10.0. The molecule has 0 radical (unpaired) electrons. The molecule has 1 rings (SSSR count). The van der Waals surface area contributed by atoms with Crippen LogP contribution in [0.4, 0.5) is 4.39 Å². The van der Waals surface area contributed by atoms with Crippen molar-refractivity contribution in [3.05, 3.63) is 23.5 Å². The summed E-state index contributed by atoms with van der Waals surface area (Å²) in [7, 11) is 1.29. The predicted octanol–water partition coefficient (Wildman–Crippen LogP) is 1.56. The Balaban J connectivity index is 2.90. The molecular weight excluding hydrogens is 203 g/mol. The van der Waals surface area contributed by atoms with Gasteiger partial charge in [0.05, 0.1) is 7.11 Å². The zero-order chi connectivity index (χ0) is 11.4. The number of hydrogen-bond acceptors (Lipinski definition) is 3. The van der Waals surface area contributed by atoms with E-state index in [0.717, 1.165) is 12.1 Å². The Hall–Kier alpha value is -1.78. The third kappa shape index (κ3) is 2.83. The molecule has 0 saturated carbocycles. The molecule has 0 saturated heterocycles. The third-order valence-corrected chi connectivity index (χ3v) is 1.96. The number of aliphatic carboxylic acids is 1. The first-order chi connectivity index (χ1) is 7.04. The van der Waals surface area contributed by atoms with Crippen LogP contribution in [0, 0.1) is 5.82 Å². The minimum atomic E-state index is -0.995. The number of carboxylic acids is 1. The van der Waals surface area contributed by atoms with E-state index in [-0.39, 0.29) is 29.9 Å². The van der Waals surface area contributed by atoms with Gasteiger partial charge in [0.1, 0.15) is 5.75 Å². The van der Waals surface area contributed by atoms with Crippen molar-refractivity contribution in [3.8, 4) is 11.5 Å². The second kappa shape index (κ2) is 4.63. The van der Waals surface area contributed by atoms with Crippen LogP contribution in [-0.2, 0) is 11.2 Å². The van der Waals surface area contributed by atoms with Crippen LogP contribution >= 0.6 is 0 Å². The van der Waals surface area contributed by atoms with E-state index in [1.807, 2.05) is 0 Å². The lowest BCUT2D eigenvalue weighted by molar-refractivity contribution is -0.136. The quantitative estimate of drug-likeness (QED) is 0.798. The summed E-state index contributed by atoms with van der Waals surface area (Å²) in [6, 6.07) is 2.21. The first-order valence-electron chi connectivity index (χ1n) is 4.31. The van der Waals surface area contributed by atoms with Gasteiger partial charge < -0.3 is 14.9 Å². The lowest BCUT2D eigenvalue weighted by Crippen LogP contribution is -1.99. The van der Waals surface area contributed by atoms with Crippen LogP contribution in [0.2, 0.25) is 0 Å². The van der Waals surface area contributed by atoms with E-state index in [1.54, 1.807) is 0 Å². The molecule has 1 aromatic rings. The van der Waals surface area contributed by atoms with Crippen molar-refractivity contribution in [2.75, 3.05) is 7.11 Å². The van der Waals surface area contributed by atoms with Gasteiger partial charge in [0.25, 0.3) is 0 Å². The average Bonchev–Trinajstić information content (AvgIpc) is 2.18. The Morgan fingerprint density at radius 3 is 2.73 bits per heavy atom. The smallest absolute Gasteiger partial charge is 0.303 e. The van der Waals surface area contributed by atoms with E-state index in [2.05, 4.69) is 4.74 Å². The molecular formula is C10H11FO4. The summed E-state index contributed by atoms with van der Waals surface area (Å²) in [5.74, 6) is -1.83. The molecule has 0 aliphatic rings. The molecule has 4 nitrogen and oxygen atoms in total. The third-order valence-electron chi connectivity index (χ3n) is 1.96. The van der Waals surface area contributed by atoms with Crippen molar-refractivity contribution in [1.82, 2.24) is 0 Å². The van der Waals surface area contributed by atoms with Crippen molar-refractivity contribution in [3.63, 3.8) is 0 Å². The molecule has 0 heterocycles. The van der Waals surface area contributed by atoms with Gasteiger partial charge in [-0.3, -0.25) is 4.79 Å². The van der Waals surface area contributed by atoms with E-state index in [1.165, 1.54) is 7.11 Å². The maximum Gasteiger partial charge on any atom is 0.303 e. The molecule has 0 aliphatic carbocycles. The van der Waals surface area contributed by atoms with Gasteiger partial charge >= 0.3 is 5.97 Å². The summed E-state index contributed by atoms with van der Waals surface area (Å²) in [5.41, 5.74) is 0.260. The van der Waals surface area contributed by atoms with Crippen LogP contribution < -0.4 is 4.74 Å². The summed E-state index contributed by atoms with van der Waals surface area (Å²) in [6.07, 6.45) is -0.0680. The number of carbonyl (C=O) groups is 1. The summed E-state index contributed by atoms with van der Waals surface area (Å²) in [5, 5.41) is 17.9. The summed E-state index contributed by atoms with van der Waals surface area (Å²) >= 11 is 0. The highest BCUT2D eigenvalue weighted by molar-refractivity contribution is 5.67. The lowest BCUT2D eigenvalue weighted by Gasteiger charge is -2.07. The topological polar surface area (TPSA) is 66.8 Å². The van der Waals surface area contributed by atoms with Crippen molar-refractivity contribution in [2.45, 2.75) is 12.8 Å². The molecule has 2 N–H and O–H groups in total. The molecule has 0 bridgehead atoms. The average molecular weight is 214 g/mol. The van der Waals surface area contributed by atoms with Gasteiger partial charge in [0.2, 0.25) is 0 Å². The number of aromatic hydroxyl groups is 1. The zero-order valence-electron chi connectivity index (χ0n) is 8.16. The van der Waals surface area contributed by atoms with Gasteiger partial charge in [-0.25, -0.2) is 4.39 Å². The van der Waals surface area contributed by atoms with Gasteiger partial charge in [-0.05, 0) is 18.1 Å². The molecule has 0 fully saturated rings. The standard InChI is InChI=1S/C10H11FO4/c1-15-9-5-8(12)6(4-7(9)11)2-3-10(13)14/h4-5,12H,2-3H2,1H3,(H,13,14). The fourth-order valence-electron chi connectivity index (χ4n) is 1.18. The highest BCUT2D eigenvalue weighted by atomic mass is 19.1. The van der Waals surface area contributed by atoms with E-state index in [9.17, 15) is 14.3 Å². The second-order valence-electron chi connectivity index (χ2n) is 3.01. The van der Waals surface area contributed by atoms with Crippen LogP contribution in [0.1, 0.15) is 12.0 Å². The fraction of sp³-hybridized carbons (Fsp3) is 0.300. The molecule has 82 valence electrons. The molecule has 5 heteroatoms. The largest absolute Gasteiger partial charge is 0.508 e. The van der Waals surface area contributed by atoms with Gasteiger partial charge in [0, 0.05) is 12.5 Å². The molecule has 0 spiro atoms. The van der Waals surface area contributed by atoms with Crippen LogP contribution in [-0.4, -0.2) is 23.3 Å². The van der Waals surface area contributed by atoms with Crippen molar-refractivity contribution < 1.29 is 24.1 Å². The first kappa shape index (κ1) is 11.3. The Labute approximate surface area is 85.9 Å². The number of carboxylic acid groups (broad SMARTS) is 1. The number of ether oxygens (including phenoxy) is 1. The van der Waals surface area contributed by atoms with Crippen molar-refractivity contribution in [1.29, 1.82) is 0 Å². The van der Waals surface area contributed by atoms with Crippen LogP contribution in [0.5, 0.6) is 11.5 Å². The molecule has 15 heavy (non-hydrogen) atoms. The highest BCUT2D eigenvalue weighted by Gasteiger charge is 2.10. The van der Waals surface area contributed by atoms with Gasteiger partial charge in [-0.1, -0.05) is 0 Å². The SMILES string of the molecule is COc1cc(O)c(CCC(=O)O)cc1F. The maximum atomic E-state index is 13.2. The summed E-state index contributed by atoms with van der Waals surface area (Å²) in [6.45, 7) is 0. The fourth-order valence-corrected chi connectivity index (χ4v) is 1.18. The molecule has 0 amide bonds. The van der Waals surface area contributed by atoms with Gasteiger partial charge in [-0.2, -0.15) is 0 Å². The highest BCUT2D eigenvalue weighted by Crippen LogP contribution is 2.27. The molecule has 1 aromatic carbocycles. The van der Waals surface area contributed by atoms with Crippen molar-refractivity contribution >= 4 is 5.97 Å². The molecule has 0 aliphatic heterocycles. The number of phenols is 1. The number of halogens is 1. The van der Waals surface area contributed by atoms with E-state index < -0.39 is 11.8 Å². The Morgan fingerprint density at radius 1 is 1.53 bits per heavy atom. The van der Waals surface area contributed by atoms with Gasteiger partial charge in [-0.15, -0.1) is 0 Å². The number of methoxy groups -OCH3 is 1. The number of hydrogen-bond donors (Lipinski definition) is 2. The summed E-state index contributed by atoms with van der Waals surface area (Å²) in [4.78, 5) is 10.3. The minimum absolute atomic E-state index is 0.0634. The van der Waals surface area contributed by atoms with Crippen LogP contribution in [0.3, 0.4) is 0 Å². The Morgan fingerprint density at radius 2 is 2.20 bits per heavy atom. The van der Waals surface area contributed by atoms with Crippen LogP contribution in [0.15, 0.2) is 12.1 Å². The first-order valence-corrected chi connectivity index (χ1v) is 4.31. The maximum absolute atomic E-state index is 13.2. The zero-order valence-corrected chi connectivity index (χ0v) is 8.16. The number of rotatable bonds is 4. The van der Waals surface area contributed by atoms with Crippen molar-refractivity contribution in [2.24, 2.45) is 0 Å². The number of phenolic OH excluding ortho intramolecular Hbond substituents is 1. The minimum Gasteiger partial charge on any atom is -0.508 e. The summed E-state index contributed by atoms with van der Waals surface area (Å²) < 4.78 is 17.8. The Kier molecular flexibility index (Phi) is 3.49. The molecule has 0 unspecified atom stereocenters. The Bertz CT molecular complexity index is 376. The second-order valence-corrected chi connectivity index (χ2v) is 3.01. The monoisotopic (exact) mass is 214 g/mol. The van der Waals surface area contributed by atoms with E-state index in [0.29, 0.717) is 0 Å². The number of aryl methyl sites for hydroxylation is 1. The van der Waals surface area contributed by atoms with E-state index in [4.69, 9.17) is 5.11 Å². The van der Waals surface area contributed by atoms with Gasteiger partial charge in [0.15, 0.2) is 11.6 Å². The van der Waals surface area contributed by atoms with E-state index >= 15 is 0 Å². The predicted molar refractivity (Wildman–Crippen MR) is 50.6 cm³/mol. The molecule has 0 atom stereocenters. The molecule has 0 aromatic heterocycles. The number of benzene rings is 1.